The molecule has 0 saturated heterocycles. The predicted octanol–water partition coefficient (Wildman–Crippen LogP) is 5.87. The largest absolute Gasteiger partial charge is 0.299 e. The first-order chi connectivity index (χ1) is 11.0. The number of hydrogen-bond acceptors (Lipinski definition) is 1. The van der Waals surface area contributed by atoms with E-state index in [9.17, 15) is 0 Å². The minimum Gasteiger partial charge on any atom is -0.299 e. The van der Waals surface area contributed by atoms with Gasteiger partial charge in [0.25, 0.3) is 0 Å². The van der Waals surface area contributed by atoms with Crippen molar-refractivity contribution < 1.29 is 0 Å². The monoisotopic (exact) mass is 308 g/mol. The molecule has 1 aromatic rings. The Kier molecular flexibility index (Phi) is 7.27. The quantitative estimate of drug-likeness (QED) is 0.365. The van der Waals surface area contributed by atoms with E-state index in [1.54, 1.807) is 7.05 Å². The number of rotatable bonds is 6. The fraction of sp³-hybridized carbons (Fsp3) is 0.286. The molecule has 23 heavy (non-hydrogen) atoms. The average Bonchev–Trinajstić information content (AvgIpc) is 2.53. The second-order valence-electron chi connectivity index (χ2n) is 5.68. The van der Waals surface area contributed by atoms with Gasteiger partial charge in [-0.3, -0.25) is 9.89 Å². The van der Waals surface area contributed by atoms with Gasteiger partial charge in [0.15, 0.2) is 0 Å². The van der Waals surface area contributed by atoms with E-state index in [1.807, 2.05) is 44.2 Å². The summed E-state index contributed by atoms with van der Waals surface area (Å²) >= 11 is 0. The Hall–Kier alpha value is -2.35. The van der Waals surface area contributed by atoms with E-state index < -0.39 is 0 Å². The minimum atomic E-state index is 0.415. The summed E-state index contributed by atoms with van der Waals surface area (Å²) in [5, 5.41) is 0. The molecule has 0 bridgehead atoms. The van der Waals surface area contributed by atoms with Crippen LogP contribution in [0.5, 0.6) is 0 Å². The molecule has 0 aliphatic heterocycles. The van der Waals surface area contributed by atoms with E-state index in [2.05, 4.69) is 55.1 Å². The van der Waals surface area contributed by atoms with Gasteiger partial charge in [0, 0.05) is 18.3 Å². The molecule has 2 nitrogen and oxygen atoms in total. The molecule has 0 fully saturated rings. The van der Waals surface area contributed by atoms with E-state index in [4.69, 9.17) is 0 Å². The number of aliphatic imine (C=N–C) groups is 1. The van der Waals surface area contributed by atoms with Crippen molar-refractivity contribution in [2.24, 2.45) is 4.99 Å². The number of para-hydroxylation sites is 1. The maximum absolute atomic E-state index is 4.52. The Balaban J connectivity index is 3.53. The summed E-state index contributed by atoms with van der Waals surface area (Å²) < 4.78 is 0. The van der Waals surface area contributed by atoms with Crippen LogP contribution >= 0.6 is 0 Å². The molecule has 0 saturated carbocycles. The number of amidine groups is 1. The Bertz CT molecular complexity index is 646. The molecule has 0 amide bonds. The minimum absolute atomic E-state index is 0.415. The van der Waals surface area contributed by atoms with E-state index in [1.165, 1.54) is 5.56 Å². The third kappa shape index (κ3) is 4.56. The summed E-state index contributed by atoms with van der Waals surface area (Å²) in [7, 11) is 1.80. The van der Waals surface area contributed by atoms with E-state index in [0.29, 0.717) is 5.92 Å². The van der Waals surface area contributed by atoms with Gasteiger partial charge in [-0.15, -0.1) is 0 Å². The topological polar surface area (TPSA) is 15.6 Å². The zero-order chi connectivity index (χ0) is 17.4. The first kappa shape index (κ1) is 18.7. The molecule has 1 aromatic carbocycles. The van der Waals surface area contributed by atoms with Crippen LogP contribution in [-0.4, -0.2) is 12.9 Å². The van der Waals surface area contributed by atoms with Crippen LogP contribution in [0.4, 0.5) is 5.69 Å². The first-order valence-electron chi connectivity index (χ1n) is 7.95. The summed E-state index contributed by atoms with van der Waals surface area (Å²) in [5.74, 6) is 1.26. The lowest BCUT2D eigenvalue weighted by atomic mass is 9.99. The maximum atomic E-state index is 4.52. The van der Waals surface area contributed by atoms with Gasteiger partial charge < -0.3 is 0 Å². The van der Waals surface area contributed by atoms with Crippen LogP contribution in [-0.2, 0) is 0 Å². The van der Waals surface area contributed by atoms with Crippen molar-refractivity contribution in [2.75, 3.05) is 11.9 Å². The first-order valence-corrected chi connectivity index (χ1v) is 7.95. The lowest BCUT2D eigenvalue weighted by Gasteiger charge is -2.30. The number of nitrogens with zero attached hydrogens (tertiary/aromatic N) is 2. The van der Waals surface area contributed by atoms with Crippen molar-refractivity contribution >= 4 is 11.5 Å². The smallest absolute Gasteiger partial charge is 0.139 e. The highest BCUT2D eigenvalue weighted by atomic mass is 15.2. The Labute approximate surface area is 141 Å². The van der Waals surface area contributed by atoms with Crippen molar-refractivity contribution in [3.05, 3.63) is 78.6 Å². The second kappa shape index (κ2) is 8.94. The molecular weight excluding hydrogens is 280 g/mol. The highest BCUT2D eigenvalue weighted by Crippen LogP contribution is 2.31. The molecule has 0 atom stereocenters. The number of hydrogen-bond donors (Lipinski definition) is 0. The molecule has 0 heterocycles. The number of benzene rings is 1. The summed E-state index contributed by atoms with van der Waals surface area (Å²) in [4.78, 5) is 6.62. The van der Waals surface area contributed by atoms with Crippen LogP contribution in [0.15, 0.2) is 78.0 Å². The highest BCUT2D eigenvalue weighted by Gasteiger charge is 2.20. The van der Waals surface area contributed by atoms with Crippen LogP contribution in [0.25, 0.3) is 0 Å². The van der Waals surface area contributed by atoms with E-state index >= 15 is 0 Å². The van der Waals surface area contributed by atoms with Crippen molar-refractivity contribution in [2.45, 2.75) is 33.6 Å². The summed E-state index contributed by atoms with van der Waals surface area (Å²) in [6, 6.07) is 8.40. The SMILES string of the molecule is C=C/C(=C\C=C/C)C(=NC)N(C(=C)C)c1ccccc1C(C)C. The molecular formula is C21H28N2. The normalized spacial score (nSPS) is 12.8. The Morgan fingerprint density at radius 1 is 1.26 bits per heavy atom. The van der Waals surface area contributed by atoms with Crippen molar-refractivity contribution in [1.29, 1.82) is 0 Å². The lowest BCUT2D eigenvalue weighted by Crippen LogP contribution is -2.31. The maximum Gasteiger partial charge on any atom is 0.139 e. The fourth-order valence-corrected chi connectivity index (χ4v) is 2.47. The number of allylic oxidation sites excluding steroid dienone is 4. The van der Waals surface area contributed by atoms with E-state index in [0.717, 1.165) is 22.8 Å². The van der Waals surface area contributed by atoms with Crippen molar-refractivity contribution in [3.63, 3.8) is 0 Å². The lowest BCUT2D eigenvalue weighted by molar-refractivity contribution is 0.863. The summed E-state index contributed by atoms with van der Waals surface area (Å²) in [6.07, 6.45) is 7.83. The molecule has 0 spiro atoms. The van der Waals surface area contributed by atoms with Crippen LogP contribution in [0, 0.1) is 0 Å². The van der Waals surface area contributed by atoms with Crippen LogP contribution in [0.3, 0.4) is 0 Å². The standard InChI is InChI=1S/C21H28N2/c1-8-10-13-18(9-2)21(22-7)23(17(5)6)20-15-12-11-14-19(20)16(3)4/h8-16H,2,5H2,1,3-4,6-7H3/b10-8-,18-13+,22-21?. The fourth-order valence-electron chi connectivity index (χ4n) is 2.47. The van der Waals surface area contributed by atoms with Crippen LogP contribution in [0.2, 0.25) is 0 Å². The Morgan fingerprint density at radius 2 is 1.91 bits per heavy atom. The molecule has 0 aliphatic carbocycles. The van der Waals surface area contributed by atoms with Gasteiger partial charge in [-0.25, -0.2) is 0 Å². The van der Waals surface area contributed by atoms with Gasteiger partial charge in [-0.05, 0) is 31.4 Å². The van der Waals surface area contributed by atoms with Gasteiger partial charge in [0.1, 0.15) is 5.84 Å². The van der Waals surface area contributed by atoms with E-state index in [-0.39, 0.29) is 0 Å². The third-order valence-electron chi connectivity index (χ3n) is 3.55. The van der Waals surface area contributed by atoms with Crippen LogP contribution in [0.1, 0.15) is 39.2 Å². The third-order valence-corrected chi connectivity index (χ3v) is 3.55. The van der Waals surface area contributed by atoms with Gasteiger partial charge >= 0.3 is 0 Å². The molecule has 0 N–H and O–H groups in total. The average molecular weight is 308 g/mol. The predicted molar refractivity (Wildman–Crippen MR) is 104 cm³/mol. The highest BCUT2D eigenvalue weighted by molar-refractivity contribution is 6.13. The molecule has 122 valence electrons. The molecule has 0 aliphatic rings. The summed E-state index contributed by atoms with van der Waals surface area (Å²) in [6.45, 7) is 16.5. The Morgan fingerprint density at radius 3 is 2.39 bits per heavy atom. The van der Waals surface area contributed by atoms with Gasteiger partial charge in [0.2, 0.25) is 0 Å². The molecule has 0 aromatic heterocycles. The molecule has 2 heteroatoms. The van der Waals surface area contributed by atoms with Crippen LogP contribution < -0.4 is 4.90 Å². The van der Waals surface area contributed by atoms with Gasteiger partial charge in [-0.2, -0.15) is 0 Å². The van der Waals surface area contributed by atoms with Crippen molar-refractivity contribution in [3.8, 4) is 0 Å². The molecule has 0 unspecified atom stereocenters. The summed E-state index contributed by atoms with van der Waals surface area (Å²) in [5.41, 5.74) is 4.27. The second-order valence-corrected chi connectivity index (χ2v) is 5.68. The zero-order valence-corrected chi connectivity index (χ0v) is 15.0. The number of anilines is 1. The molecule has 0 radical (unpaired) electrons. The van der Waals surface area contributed by atoms with Crippen molar-refractivity contribution in [1.82, 2.24) is 0 Å². The zero-order valence-electron chi connectivity index (χ0n) is 15.0. The van der Waals surface area contributed by atoms with Gasteiger partial charge in [0.05, 0.1) is 5.69 Å². The van der Waals surface area contributed by atoms with Gasteiger partial charge in [-0.1, -0.05) is 69.5 Å². The molecule has 1 rings (SSSR count).